The number of aromatic nitrogens is 3. The lowest BCUT2D eigenvalue weighted by Gasteiger charge is -2.17. The normalized spacial score (nSPS) is 12.0. The van der Waals surface area contributed by atoms with Crippen molar-refractivity contribution in [3.05, 3.63) is 121 Å². The lowest BCUT2D eigenvalue weighted by atomic mass is 10.1. The summed E-state index contributed by atoms with van der Waals surface area (Å²) in [6.45, 7) is -0.523. The van der Waals surface area contributed by atoms with Crippen LogP contribution in [0.4, 0.5) is 38.0 Å². The molecule has 1 aromatic heterocycles. The molecule has 0 saturated carbocycles. The molecule has 4 aromatic rings. The van der Waals surface area contributed by atoms with Gasteiger partial charge in [-0.15, -0.1) is 0 Å². The number of halogens is 7. The molecule has 0 atom stereocenters. The summed E-state index contributed by atoms with van der Waals surface area (Å²) in [6, 6.07) is 14.3. The molecule has 0 bridgehead atoms. The molecule has 0 spiro atoms. The smallest absolute Gasteiger partial charge is 0.325 e. The molecule has 38 heavy (non-hydrogen) atoms. The van der Waals surface area contributed by atoms with Crippen molar-refractivity contribution < 1.29 is 26.3 Å². The van der Waals surface area contributed by atoms with Crippen molar-refractivity contribution in [3.8, 4) is 0 Å². The zero-order valence-electron chi connectivity index (χ0n) is 19.1. The molecule has 13 heteroatoms. The van der Waals surface area contributed by atoms with E-state index in [9.17, 15) is 35.9 Å². The minimum Gasteiger partial charge on any atom is -0.325 e. The number of nitrogens with one attached hydrogen (secondary N) is 1. The molecule has 0 fully saturated rings. The first-order valence-electron chi connectivity index (χ1n) is 10.9. The van der Waals surface area contributed by atoms with Crippen LogP contribution in [0, 0.1) is 0 Å². The summed E-state index contributed by atoms with van der Waals surface area (Å²) in [5.74, 6) is -0.383. The standard InChI is InChI=1S/C25H17ClF6N4O2/c26-19-10-6-16(7-11-19)14-36-22(37)34-21(33-20-3-1-2-18(12-20)25(30,31)32)35(23(36)38)13-15-4-8-17(9-5-15)24(27,28)29/h1-12H,13-14H2,(H,33,34,37). The molecule has 1 N–H and O–H groups in total. The summed E-state index contributed by atoms with van der Waals surface area (Å²) >= 11 is 5.87. The highest BCUT2D eigenvalue weighted by molar-refractivity contribution is 6.30. The Labute approximate surface area is 215 Å². The maximum absolute atomic E-state index is 13.4. The fraction of sp³-hybridized carbons (Fsp3) is 0.160. The van der Waals surface area contributed by atoms with Crippen LogP contribution in [0.1, 0.15) is 22.3 Å². The molecule has 198 valence electrons. The van der Waals surface area contributed by atoms with Crippen molar-refractivity contribution in [3.63, 3.8) is 0 Å². The van der Waals surface area contributed by atoms with E-state index >= 15 is 0 Å². The number of benzene rings is 3. The van der Waals surface area contributed by atoms with Gasteiger partial charge in [-0.05, 0) is 53.6 Å². The fourth-order valence-electron chi connectivity index (χ4n) is 3.56. The van der Waals surface area contributed by atoms with E-state index in [0.717, 1.165) is 51.6 Å². The largest absolute Gasteiger partial charge is 0.416 e. The van der Waals surface area contributed by atoms with Gasteiger partial charge in [0.05, 0.1) is 24.2 Å². The first-order valence-corrected chi connectivity index (χ1v) is 11.3. The van der Waals surface area contributed by atoms with E-state index in [4.69, 9.17) is 11.6 Å². The average Bonchev–Trinajstić information content (AvgIpc) is 2.85. The van der Waals surface area contributed by atoms with Crippen LogP contribution in [0.25, 0.3) is 0 Å². The lowest BCUT2D eigenvalue weighted by molar-refractivity contribution is -0.138. The van der Waals surface area contributed by atoms with Crippen LogP contribution >= 0.6 is 11.6 Å². The highest BCUT2D eigenvalue weighted by atomic mass is 35.5. The third kappa shape index (κ3) is 6.25. The topological polar surface area (TPSA) is 68.9 Å². The second-order valence-corrected chi connectivity index (χ2v) is 8.63. The summed E-state index contributed by atoms with van der Waals surface area (Å²) in [4.78, 5) is 30.0. The summed E-state index contributed by atoms with van der Waals surface area (Å²) in [5.41, 5.74) is -3.06. The number of hydrogen-bond donors (Lipinski definition) is 1. The molecule has 0 aliphatic rings. The SMILES string of the molecule is O=c1nc(Nc2cccc(C(F)(F)F)c2)n(Cc2ccc(C(F)(F)F)cc2)c(=O)n1Cc1ccc(Cl)cc1. The van der Waals surface area contributed by atoms with Crippen LogP contribution in [0.2, 0.25) is 5.02 Å². The predicted octanol–water partition coefficient (Wildman–Crippen LogP) is 5.94. The minimum absolute atomic E-state index is 0.109. The van der Waals surface area contributed by atoms with E-state index in [1.165, 1.54) is 6.07 Å². The average molecular weight is 555 g/mol. The maximum Gasteiger partial charge on any atom is 0.416 e. The molecule has 0 saturated heterocycles. The monoisotopic (exact) mass is 554 g/mol. The molecule has 6 nitrogen and oxygen atoms in total. The van der Waals surface area contributed by atoms with E-state index < -0.39 is 34.9 Å². The van der Waals surface area contributed by atoms with Gasteiger partial charge in [0, 0.05) is 10.7 Å². The highest BCUT2D eigenvalue weighted by Crippen LogP contribution is 2.31. The third-order valence-electron chi connectivity index (χ3n) is 5.47. The van der Waals surface area contributed by atoms with E-state index in [0.29, 0.717) is 10.6 Å². The number of anilines is 2. The summed E-state index contributed by atoms with van der Waals surface area (Å²) in [5, 5.41) is 2.99. The van der Waals surface area contributed by atoms with Crippen molar-refractivity contribution in [2.45, 2.75) is 25.4 Å². The third-order valence-corrected chi connectivity index (χ3v) is 5.72. The van der Waals surface area contributed by atoms with Gasteiger partial charge >= 0.3 is 23.7 Å². The molecular formula is C25H17ClF6N4O2. The number of hydrogen-bond acceptors (Lipinski definition) is 4. The Hall–Kier alpha value is -4.06. The van der Waals surface area contributed by atoms with Gasteiger partial charge < -0.3 is 5.32 Å². The quantitative estimate of drug-likeness (QED) is 0.300. The summed E-state index contributed by atoms with van der Waals surface area (Å²) in [6.07, 6.45) is -9.22. The molecule has 1 heterocycles. The summed E-state index contributed by atoms with van der Waals surface area (Å²) < 4.78 is 80.1. The highest BCUT2D eigenvalue weighted by Gasteiger charge is 2.31. The second-order valence-electron chi connectivity index (χ2n) is 8.20. The zero-order valence-corrected chi connectivity index (χ0v) is 19.9. The second kappa shape index (κ2) is 10.4. The Bertz CT molecular complexity index is 1560. The minimum atomic E-state index is -4.65. The molecular weight excluding hydrogens is 538 g/mol. The van der Waals surface area contributed by atoms with Gasteiger partial charge in [0.25, 0.3) is 0 Å². The van der Waals surface area contributed by atoms with Gasteiger partial charge in [-0.2, -0.15) is 31.3 Å². The Morgan fingerprint density at radius 3 is 1.87 bits per heavy atom. The molecule has 0 aliphatic heterocycles. The van der Waals surface area contributed by atoms with Crippen molar-refractivity contribution >= 4 is 23.2 Å². The van der Waals surface area contributed by atoms with Crippen molar-refractivity contribution in [2.24, 2.45) is 0 Å². The molecule has 0 unspecified atom stereocenters. The van der Waals surface area contributed by atoms with Crippen LogP contribution in [-0.4, -0.2) is 14.1 Å². The Morgan fingerprint density at radius 1 is 0.737 bits per heavy atom. The first kappa shape index (κ1) is 27.0. The molecule has 4 rings (SSSR count). The maximum atomic E-state index is 13.4. The van der Waals surface area contributed by atoms with Crippen LogP contribution < -0.4 is 16.7 Å². The van der Waals surface area contributed by atoms with Gasteiger partial charge in [-0.1, -0.05) is 41.9 Å². The van der Waals surface area contributed by atoms with Gasteiger partial charge in [-0.3, -0.25) is 4.57 Å². The van der Waals surface area contributed by atoms with Gasteiger partial charge in [0.1, 0.15) is 0 Å². The van der Waals surface area contributed by atoms with Crippen LogP contribution in [0.5, 0.6) is 0 Å². The van der Waals surface area contributed by atoms with E-state index in [1.54, 1.807) is 24.3 Å². The van der Waals surface area contributed by atoms with E-state index in [2.05, 4.69) is 10.3 Å². The summed E-state index contributed by atoms with van der Waals surface area (Å²) in [7, 11) is 0. The number of nitrogens with zero attached hydrogens (tertiary/aromatic N) is 3. The molecule has 0 amide bonds. The van der Waals surface area contributed by atoms with Gasteiger partial charge in [0.15, 0.2) is 0 Å². The Morgan fingerprint density at radius 2 is 1.29 bits per heavy atom. The van der Waals surface area contributed by atoms with Crippen molar-refractivity contribution in [2.75, 3.05) is 5.32 Å². The molecule has 0 radical (unpaired) electrons. The van der Waals surface area contributed by atoms with Gasteiger partial charge in [0.2, 0.25) is 5.95 Å². The Balaban J connectivity index is 1.78. The van der Waals surface area contributed by atoms with Crippen LogP contribution in [0.3, 0.4) is 0 Å². The molecule has 3 aromatic carbocycles. The lowest BCUT2D eigenvalue weighted by Crippen LogP contribution is -2.43. The van der Waals surface area contributed by atoms with Crippen molar-refractivity contribution in [1.82, 2.24) is 14.1 Å². The Kier molecular flexibility index (Phi) is 7.36. The predicted molar refractivity (Wildman–Crippen MR) is 129 cm³/mol. The van der Waals surface area contributed by atoms with Crippen LogP contribution in [0.15, 0.2) is 82.4 Å². The van der Waals surface area contributed by atoms with Gasteiger partial charge in [-0.25, -0.2) is 14.2 Å². The van der Waals surface area contributed by atoms with E-state index in [1.807, 2.05) is 0 Å². The van der Waals surface area contributed by atoms with Crippen molar-refractivity contribution in [1.29, 1.82) is 0 Å². The molecule has 0 aliphatic carbocycles. The zero-order chi connectivity index (χ0) is 27.7. The van der Waals surface area contributed by atoms with Crippen LogP contribution in [-0.2, 0) is 25.4 Å². The number of rotatable bonds is 6. The first-order chi connectivity index (χ1) is 17.8. The van der Waals surface area contributed by atoms with E-state index in [-0.39, 0.29) is 30.3 Å². The number of alkyl halides is 6. The fourth-order valence-corrected chi connectivity index (χ4v) is 3.69.